The quantitative estimate of drug-likeness (QED) is 0.315. The Bertz CT molecular complexity index is 1090. The van der Waals surface area contributed by atoms with Crippen LogP contribution >= 0.6 is 23.1 Å². The fourth-order valence-electron chi connectivity index (χ4n) is 2.65. The van der Waals surface area contributed by atoms with Crippen molar-refractivity contribution < 1.29 is 4.39 Å². The molecule has 0 spiro atoms. The predicted molar refractivity (Wildman–Crippen MR) is 111 cm³/mol. The maximum atomic E-state index is 14.2. The number of nitrogens with zero attached hydrogens (tertiary/aromatic N) is 5. The van der Waals surface area contributed by atoms with Crippen molar-refractivity contribution in [1.82, 2.24) is 24.7 Å². The van der Waals surface area contributed by atoms with E-state index in [2.05, 4.69) is 26.7 Å². The molecule has 0 amide bonds. The number of hydrogen-bond donors (Lipinski definition) is 0. The highest BCUT2D eigenvalue weighted by molar-refractivity contribution is 7.98. The molecule has 1 aromatic carbocycles. The van der Waals surface area contributed by atoms with E-state index < -0.39 is 0 Å². The Kier molecular flexibility index (Phi) is 5.59. The summed E-state index contributed by atoms with van der Waals surface area (Å²) in [6.45, 7) is 4.29. The second kappa shape index (κ2) is 8.45. The average Bonchev–Trinajstić information content (AvgIpc) is 3.35. The van der Waals surface area contributed by atoms with Gasteiger partial charge in [-0.2, -0.15) is 0 Å². The molecule has 140 valence electrons. The molecule has 4 rings (SSSR count). The number of hydrogen-bond acceptors (Lipinski definition) is 6. The van der Waals surface area contributed by atoms with Crippen LogP contribution in [0.15, 0.2) is 71.9 Å². The summed E-state index contributed by atoms with van der Waals surface area (Å²) in [7, 11) is 0. The maximum absolute atomic E-state index is 14.2. The molecule has 8 heteroatoms. The standard InChI is InChI=1S/C20H16FN5S2/c1-2-11-26-18(15-7-3-4-8-16(15)21)24-25-20(26)28-13-14-12-27-19(23-14)17-9-5-6-10-22-17/h2-10,12H,1,11,13H2. The molecule has 3 aromatic heterocycles. The third-order valence-corrected chi connectivity index (χ3v) is 5.84. The van der Waals surface area contributed by atoms with Crippen molar-refractivity contribution in [2.24, 2.45) is 0 Å². The largest absolute Gasteiger partial charge is 0.298 e. The summed E-state index contributed by atoms with van der Waals surface area (Å²) < 4.78 is 16.1. The van der Waals surface area contributed by atoms with Crippen molar-refractivity contribution in [3.05, 3.63) is 78.2 Å². The highest BCUT2D eigenvalue weighted by Crippen LogP contribution is 2.29. The highest BCUT2D eigenvalue weighted by Gasteiger charge is 2.17. The first-order valence-electron chi connectivity index (χ1n) is 8.54. The number of aromatic nitrogens is 5. The summed E-state index contributed by atoms with van der Waals surface area (Å²) in [4.78, 5) is 8.98. The third-order valence-electron chi connectivity index (χ3n) is 3.93. The number of rotatable bonds is 7. The van der Waals surface area contributed by atoms with Crippen LogP contribution in [0.1, 0.15) is 5.69 Å². The zero-order valence-electron chi connectivity index (χ0n) is 14.8. The molecule has 0 aliphatic rings. The van der Waals surface area contributed by atoms with Gasteiger partial charge in [0, 0.05) is 23.9 Å². The van der Waals surface area contributed by atoms with E-state index in [0.717, 1.165) is 16.4 Å². The minimum Gasteiger partial charge on any atom is -0.298 e. The Labute approximate surface area is 170 Å². The van der Waals surface area contributed by atoms with Crippen LogP contribution in [-0.4, -0.2) is 24.7 Å². The minimum atomic E-state index is -0.323. The van der Waals surface area contributed by atoms with E-state index >= 15 is 0 Å². The van der Waals surface area contributed by atoms with Crippen LogP contribution < -0.4 is 0 Å². The summed E-state index contributed by atoms with van der Waals surface area (Å²) >= 11 is 3.07. The van der Waals surface area contributed by atoms with Crippen LogP contribution in [0.5, 0.6) is 0 Å². The van der Waals surface area contributed by atoms with Gasteiger partial charge in [0.15, 0.2) is 11.0 Å². The smallest absolute Gasteiger partial charge is 0.192 e. The normalized spacial score (nSPS) is 10.9. The Morgan fingerprint density at radius 2 is 2.00 bits per heavy atom. The molecule has 0 N–H and O–H groups in total. The van der Waals surface area contributed by atoms with Crippen molar-refractivity contribution in [2.75, 3.05) is 0 Å². The average molecular weight is 410 g/mol. The van der Waals surface area contributed by atoms with Gasteiger partial charge < -0.3 is 0 Å². The summed E-state index contributed by atoms with van der Waals surface area (Å²) in [5, 5.41) is 12.1. The van der Waals surface area contributed by atoms with Gasteiger partial charge in [-0.05, 0) is 24.3 Å². The number of halogens is 1. The van der Waals surface area contributed by atoms with Gasteiger partial charge in [0.25, 0.3) is 0 Å². The van der Waals surface area contributed by atoms with Gasteiger partial charge in [0.1, 0.15) is 10.8 Å². The van der Waals surface area contributed by atoms with Gasteiger partial charge in [0.2, 0.25) is 0 Å². The van der Waals surface area contributed by atoms with E-state index in [1.165, 1.54) is 17.8 Å². The molecule has 0 fully saturated rings. The molecule has 0 radical (unpaired) electrons. The number of benzene rings is 1. The maximum Gasteiger partial charge on any atom is 0.192 e. The predicted octanol–water partition coefficient (Wildman–Crippen LogP) is 5.08. The topological polar surface area (TPSA) is 56.5 Å². The molecule has 4 aromatic rings. The van der Waals surface area contributed by atoms with Crippen LogP contribution in [0.4, 0.5) is 4.39 Å². The SMILES string of the molecule is C=CCn1c(SCc2csc(-c3ccccn3)n2)nnc1-c1ccccc1F. The Morgan fingerprint density at radius 1 is 1.14 bits per heavy atom. The molecule has 0 atom stereocenters. The van der Waals surface area contributed by atoms with Crippen molar-refractivity contribution in [2.45, 2.75) is 17.5 Å². The molecule has 0 aliphatic carbocycles. The van der Waals surface area contributed by atoms with E-state index in [9.17, 15) is 4.39 Å². The van der Waals surface area contributed by atoms with Crippen molar-refractivity contribution in [1.29, 1.82) is 0 Å². The molecule has 0 saturated heterocycles. The van der Waals surface area contributed by atoms with Crippen molar-refractivity contribution in [3.8, 4) is 22.1 Å². The van der Waals surface area contributed by atoms with Gasteiger partial charge in [-0.3, -0.25) is 9.55 Å². The van der Waals surface area contributed by atoms with Crippen LogP contribution in [0.2, 0.25) is 0 Å². The van der Waals surface area contributed by atoms with Crippen molar-refractivity contribution in [3.63, 3.8) is 0 Å². The molecule has 0 bridgehead atoms. The molecule has 5 nitrogen and oxygen atoms in total. The third kappa shape index (κ3) is 3.88. The second-order valence-corrected chi connectivity index (χ2v) is 7.63. The van der Waals surface area contributed by atoms with E-state index in [1.54, 1.807) is 41.8 Å². The summed E-state index contributed by atoms with van der Waals surface area (Å²) in [5.41, 5.74) is 2.23. The second-order valence-electron chi connectivity index (χ2n) is 5.83. The molecular weight excluding hydrogens is 393 g/mol. The van der Waals surface area contributed by atoms with E-state index in [-0.39, 0.29) is 5.82 Å². The van der Waals surface area contributed by atoms with Gasteiger partial charge in [-0.15, -0.1) is 28.1 Å². The molecule has 0 aliphatic heterocycles. The lowest BCUT2D eigenvalue weighted by atomic mass is 10.2. The number of thioether (sulfide) groups is 1. The van der Waals surface area contributed by atoms with E-state index in [4.69, 9.17) is 0 Å². The lowest BCUT2D eigenvalue weighted by Gasteiger charge is -2.07. The van der Waals surface area contributed by atoms with Crippen LogP contribution in [0.25, 0.3) is 22.1 Å². The van der Waals surface area contributed by atoms with Gasteiger partial charge in [-0.1, -0.05) is 36.0 Å². The zero-order valence-corrected chi connectivity index (χ0v) is 16.5. The number of pyridine rings is 1. The fraction of sp³-hybridized carbons (Fsp3) is 0.100. The number of thiazole rings is 1. The first-order chi connectivity index (χ1) is 13.8. The Morgan fingerprint density at radius 3 is 2.79 bits per heavy atom. The monoisotopic (exact) mass is 409 g/mol. The van der Waals surface area contributed by atoms with E-state index in [1.807, 2.05) is 28.1 Å². The fourth-order valence-corrected chi connectivity index (χ4v) is 4.39. The number of allylic oxidation sites excluding steroid dienone is 1. The lowest BCUT2D eigenvalue weighted by Crippen LogP contribution is -2.01. The molecule has 0 unspecified atom stereocenters. The lowest BCUT2D eigenvalue weighted by molar-refractivity contribution is 0.626. The zero-order chi connectivity index (χ0) is 19.3. The Hall–Kier alpha value is -2.84. The molecular formula is C20H16FN5S2. The van der Waals surface area contributed by atoms with Crippen LogP contribution in [0.3, 0.4) is 0 Å². The van der Waals surface area contributed by atoms with Gasteiger partial charge >= 0.3 is 0 Å². The molecule has 28 heavy (non-hydrogen) atoms. The first kappa shape index (κ1) is 18.5. The first-order valence-corrected chi connectivity index (χ1v) is 10.4. The summed E-state index contributed by atoms with van der Waals surface area (Å²) in [5.74, 6) is 0.805. The Balaban J connectivity index is 1.55. The summed E-state index contributed by atoms with van der Waals surface area (Å²) in [6.07, 6.45) is 3.51. The van der Waals surface area contributed by atoms with Gasteiger partial charge in [0.05, 0.1) is 17.0 Å². The minimum absolute atomic E-state index is 0.323. The van der Waals surface area contributed by atoms with Crippen LogP contribution in [-0.2, 0) is 12.3 Å². The summed E-state index contributed by atoms with van der Waals surface area (Å²) in [6, 6.07) is 12.3. The molecule has 3 heterocycles. The van der Waals surface area contributed by atoms with E-state index in [0.29, 0.717) is 28.8 Å². The van der Waals surface area contributed by atoms with Crippen LogP contribution in [0, 0.1) is 5.82 Å². The van der Waals surface area contributed by atoms with Gasteiger partial charge in [-0.25, -0.2) is 9.37 Å². The molecule has 0 saturated carbocycles. The van der Waals surface area contributed by atoms with Crippen molar-refractivity contribution >= 4 is 23.1 Å². The highest BCUT2D eigenvalue weighted by atomic mass is 32.2.